The van der Waals surface area contributed by atoms with Gasteiger partial charge in [-0.2, -0.15) is 13.2 Å². The number of carbonyl (C=O) groups excluding carboxylic acids is 1. The molecule has 0 saturated carbocycles. The molecule has 0 saturated heterocycles. The summed E-state index contributed by atoms with van der Waals surface area (Å²) in [5, 5.41) is 2.28. The molecule has 1 amide bonds. The molecule has 0 fully saturated rings. The molecule has 3 aromatic rings. The molecular weight excluding hydrogens is 528 g/mol. The van der Waals surface area contributed by atoms with Crippen molar-refractivity contribution in [3.63, 3.8) is 0 Å². The van der Waals surface area contributed by atoms with Crippen molar-refractivity contribution >= 4 is 50.5 Å². The van der Waals surface area contributed by atoms with Crippen LogP contribution < -0.4 is 14.4 Å². The van der Waals surface area contributed by atoms with Crippen molar-refractivity contribution in [2.45, 2.75) is 18.0 Å². The first-order chi connectivity index (χ1) is 16.3. The topological polar surface area (TPSA) is 75.7 Å². The number of halogens is 5. The number of amides is 1. The highest BCUT2D eigenvalue weighted by atomic mass is 35.5. The molecule has 0 aliphatic carbocycles. The Morgan fingerprint density at radius 3 is 2.29 bits per heavy atom. The fraction of sp³-hybridized carbons (Fsp3) is 0.174. The normalized spacial score (nSPS) is 11.7. The summed E-state index contributed by atoms with van der Waals surface area (Å²) in [4.78, 5) is 12.8. The molecule has 0 unspecified atom stereocenters. The van der Waals surface area contributed by atoms with Gasteiger partial charge in [0.25, 0.3) is 10.0 Å². The molecule has 0 heterocycles. The first-order valence-electron chi connectivity index (χ1n) is 9.92. The average Bonchev–Trinajstić information content (AvgIpc) is 2.78. The third-order valence-corrected chi connectivity index (χ3v) is 7.21. The van der Waals surface area contributed by atoms with Gasteiger partial charge in [-0.1, -0.05) is 40.9 Å². The van der Waals surface area contributed by atoms with Crippen molar-refractivity contribution in [2.24, 2.45) is 0 Å². The van der Waals surface area contributed by atoms with Crippen molar-refractivity contribution in [3.8, 4) is 5.75 Å². The Bertz CT molecular complexity index is 1350. The van der Waals surface area contributed by atoms with E-state index in [9.17, 15) is 26.4 Å². The SMILES string of the molecule is COc1ccc(Cl)cc1N(CC(=O)Nc1cc(C(F)(F)F)ccc1Cl)S(=O)(=O)c1ccc(C)cc1. The van der Waals surface area contributed by atoms with Crippen molar-refractivity contribution in [1.82, 2.24) is 0 Å². The predicted molar refractivity (Wildman–Crippen MR) is 129 cm³/mol. The minimum atomic E-state index is -4.67. The second kappa shape index (κ2) is 10.3. The number of alkyl halides is 3. The Balaban J connectivity index is 2.04. The number of hydrogen-bond donors (Lipinski definition) is 1. The molecular formula is C23H19Cl2F3N2O4S. The number of methoxy groups -OCH3 is 1. The molecule has 0 aliphatic heterocycles. The van der Waals surface area contributed by atoms with Gasteiger partial charge in [-0.3, -0.25) is 9.10 Å². The van der Waals surface area contributed by atoms with Crippen LogP contribution in [0.15, 0.2) is 65.6 Å². The number of rotatable bonds is 7. The number of ether oxygens (including phenoxy) is 1. The van der Waals surface area contributed by atoms with Gasteiger partial charge in [0.1, 0.15) is 12.3 Å². The molecule has 0 bridgehead atoms. The van der Waals surface area contributed by atoms with Crippen molar-refractivity contribution in [2.75, 3.05) is 23.3 Å². The highest BCUT2D eigenvalue weighted by Crippen LogP contribution is 2.36. The van der Waals surface area contributed by atoms with Crippen molar-refractivity contribution in [1.29, 1.82) is 0 Å². The van der Waals surface area contributed by atoms with E-state index in [1.54, 1.807) is 19.1 Å². The van der Waals surface area contributed by atoms with Crippen molar-refractivity contribution in [3.05, 3.63) is 81.8 Å². The van der Waals surface area contributed by atoms with E-state index in [1.807, 2.05) is 0 Å². The van der Waals surface area contributed by atoms with Crippen LogP contribution in [-0.2, 0) is 21.0 Å². The lowest BCUT2D eigenvalue weighted by molar-refractivity contribution is -0.137. The molecule has 35 heavy (non-hydrogen) atoms. The lowest BCUT2D eigenvalue weighted by atomic mass is 10.2. The number of sulfonamides is 1. The van der Waals surface area contributed by atoms with Crippen LogP contribution in [0.1, 0.15) is 11.1 Å². The van der Waals surface area contributed by atoms with Gasteiger partial charge in [-0.25, -0.2) is 8.42 Å². The molecule has 0 aliphatic rings. The fourth-order valence-corrected chi connectivity index (χ4v) is 4.87. The van der Waals surface area contributed by atoms with E-state index in [0.29, 0.717) is 6.07 Å². The molecule has 3 rings (SSSR count). The summed E-state index contributed by atoms with van der Waals surface area (Å²) in [6, 6.07) is 12.5. The number of anilines is 2. The van der Waals surface area contributed by atoms with E-state index >= 15 is 0 Å². The molecule has 12 heteroatoms. The van der Waals surface area contributed by atoms with E-state index in [4.69, 9.17) is 27.9 Å². The molecule has 0 atom stereocenters. The maximum absolute atomic E-state index is 13.5. The lowest BCUT2D eigenvalue weighted by Gasteiger charge is -2.26. The molecule has 6 nitrogen and oxygen atoms in total. The number of benzene rings is 3. The lowest BCUT2D eigenvalue weighted by Crippen LogP contribution is -2.38. The highest BCUT2D eigenvalue weighted by Gasteiger charge is 2.32. The number of aryl methyl sites for hydroxylation is 1. The Kier molecular flexibility index (Phi) is 7.88. The fourth-order valence-electron chi connectivity index (χ4n) is 3.11. The Labute approximate surface area is 210 Å². The van der Waals surface area contributed by atoms with Gasteiger partial charge >= 0.3 is 6.18 Å². The molecule has 0 spiro atoms. The first kappa shape index (κ1) is 26.7. The third-order valence-electron chi connectivity index (χ3n) is 4.87. The van der Waals surface area contributed by atoms with E-state index in [1.165, 1.54) is 37.4 Å². The standard InChI is InChI=1S/C23H19Cl2F3N2O4S/c1-14-3-7-17(8-4-14)35(32,33)30(20-12-16(24)6-10-21(20)34-2)13-22(31)29-19-11-15(23(26,27)28)5-9-18(19)25/h3-12H,13H2,1-2H3,(H,29,31). The minimum Gasteiger partial charge on any atom is -0.495 e. The number of hydrogen-bond acceptors (Lipinski definition) is 4. The maximum atomic E-state index is 13.5. The zero-order valence-electron chi connectivity index (χ0n) is 18.4. The quantitative estimate of drug-likeness (QED) is 0.385. The minimum absolute atomic E-state index is 0.0362. The van der Waals surface area contributed by atoms with Gasteiger partial charge in [0.05, 0.1) is 34.0 Å². The number of carbonyl (C=O) groups is 1. The molecule has 0 aromatic heterocycles. The van der Waals surface area contributed by atoms with Crippen LogP contribution in [-0.4, -0.2) is 28.0 Å². The largest absolute Gasteiger partial charge is 0.495 e. The maximum Gasteiger partial charge on any atom is 0.416 e. The summed E-state index contributed by atoms with van der Waals surface area (Å²) in [6.07, 6.45) is -4.67. The van der Waals surface area contributed by atoms with Crippen LogP contribution in [0.25, 0.3) is 0 Å². The van der Waals surface area contributed by atoms with E-state index in [0.717, 1.165) is 22.0 Å². The molecule has 1 N–H and O–H groups in total. The Morgan fingerprint density at radius 2 is 1.69 bits per heavy atom. The summed E-state index contributed by atoms with van der Waals surface area (Å²) < 4.78 is 72.4. The van der Waals surface area contributed by atoms with Gasteiger partial charge in [-0.05, 0) is 55.5 Å². The predicted octanol–water partition coefficient (Wildman–Crippen LogP) is 6.16. The van der Waals surface area contributed by atoms with Gasteiger partial charge < -0.3 is 10.1 Å². The van der Waals surface area contributed by atoms with E-state index in [-0.39, 0.29) is 32.1 Å². The third kappa shape index (κ3) is 6.19. The Morgan fingerprint density at radius 1 is 1.03 bits per heavy atom. The van der Waals surface area contributed by atoms with Gasteiger partial charge in [-0.15, -0.1) is 0 Å². The Hall–Kier alpha value is -2.95. The van der Waals surface area contributed by atoms with Gasteiger partial charge in [0, 0.05) is 5.02 Å². The molecule has 3 aromatic carbocycles. The summed E-state index contributed by atoms with van der Waals surface area (Å²) in [5.41, 5.74) is -0.575. The summed E-state index contributed by atoms with van der Waals surface area (Å²) >= 11 is 12.0. The monoisotopic (exact) mass is 546 g/mol. The van der Waals surface area contributed by atoms with Crippen molar-refractivity contribution < 1.29 is 31.1 Å². The second-order valence-corrected chi connectivity index (χ2v) is 10.1. The number of nitrogens with one attached hydrogen (secondary N) is 1. The van der Waals surface area contributed by atoms with Gasteiger partial charge in [0.15, 0.2) is 0 Å². The summed E-state index contributed by atoms with van der Waals surface area (Å²) in [6.45, 7) is 0.972. The zero-order chi connectivity index (χ0) is 26.0. The molecule has 0 radical (unpaired) electrons. The van der Waals surface area contributed by atoms with E-state index < -0.39 is 34.2 Å². The van der Waals surface area contributed by atoms with Crippen LogP contribution in [0, 0.1) is 6.92 Å². The van der Waals surface area contributed by atoms with Crippen LogP contribution in [0.4, 0.5) is 24.5 Å². The smallest absolute Gasteiger partial charge is 0.416 e. The van der Waals surface area contributed by atoms with Crippen LogP contribution in [0.5, 0.6) is 5.75 Å². The van der Waals surface area contributed by atoms with Crippen LogP contribution in [0.3, 0.4) is 0 Å². The van der Waals surface area contributed by atoms with Crippen LogP contribution in [0.2, 0.25) is 10.0 Å². The molecule has 186 valence electrons. The first-order valence-corrected chi connectivity index (χ1v) is 12.1. The van der Waals surface area contributed by atoms with Gasteiger partial charge in [0.2, 0.25) is 5.91 Å². The zero-order valence-corrected chi connectivity index (χ0v) is 20.7. The van der Waals surface area contributed by atoms with E-state index in [2.05, 4.69) is 5.32 Å². The summed E-state index contributed by atoms with van der Waals surface area (Å²) in [7, 11) is -3.02. The summed E-state index contributed by atoms with van der Waals surface area (Å²) in [5.74, 6) is -0.834. The second-order valence-electron chi connectivity index (χ2n) is 7.38. The highest BCUT2D eigenvalue weighted by molar-refractivity contribution is 7.92. The number of nitrogens with zero attached hydrogens (tertiary/aromatic N) is 1. The van der Waals surface area contributed by atoms with Crippen LogP contribution >= 0.6 is 23.2 Å². The average molecular weight is 547 g/mol.